The predicted molar refractivity (Wildman–Crippen MR) is 360 cm³/mol. The summed E-state index contributed by atoms with van der Waals surface area (Å²) in [6.45, 7) is 0. The normalized spacial score (nSPS) is 12.3. The first-order valence-electron chi connectivity index (χ1n) is 29.3. The molecule has 0 fully saturated rings. The standard InChI is InChI=1S/C82H55N3/c1-2-20-72(21-3-1)85-81-48-46-77(83(73-38-30-60(31-39-73)68-26-22-56-12-4-8-16-64(56)50-68)74-40-32-61(33-41-74)69-27-23-57-13-5-9-17-65(57)51-69)54-79(81)80-55-78(47-49-82(80)85)84(75-42-34-62(35-43-75)70-28-24-58-14-6-10-18-66(58)52-70)76-44-36-63(37-45-76)71-29-25-59-15-7-11-19-67(59)53-71/h1-4,6,8-10,12,14-55H,5,13H2. The fourth-order valence-corrected chi connectivity index (χ4v) is 12.8. The second kappa shape index (κ2) is 21.0. The minimum Gasteiger partial charge on any atom is -0.310 e. The van der Waals surface area contributed by atoms with Gasteiger partial charge in [0, 0.05) is 50.6 Å². The molecule has 0 amide bonds. The Morgan fingerprint density at radius 1 is 0.294 bits per heavy atom. The van der Waals surface area contributed by atoms with E-state index in [2.05, 4.69) is 323 Å². The zero-order chi connectivity index (χ0) is 56.2. The minimum atomic E-state index is 1.06. The Morgan fingerprint density at radius 2 is 0.694 bits per heavy atom. The molecule has 2 aliphatic rings. The zero-order valence-corrected chi connectivity index (χ0v) is 46.7. The number of aryl methyl sites for hydroxylation is 1. The van der Waals surface area contributed by atoms with Gasteiger partial charge in [-0.3, -0.25) is 0 Å². The van der Waals surface area contributed by atoms with E-state index in [1.54, 1.807) is 0 Å². The Hall–Kier alpha value is -11.2. The summed E-state index contributed by atoms with van der Waals surface area (Å²) in [6.07, 6.45) is 10.8. The van der Waals surface area contributed by atoms with Crippen LogP contribution in [-0.2, 0) is 6.42 Å². The first-order valence-corrected chi connectivity index (χ1v) is 29.3. The molecule has 3 heteroatoms. The lowest BCUT2D eigenvalue weighted by molar-refractivity contribution is 0.986. The molecule has 0 atom stereocenters. The minimum absolute atomic E-state index is 1.06. The molecule has 2 aliphatic carbocycles. The maximum Gasteiger partial charge on any atom is 0.0542 e. The van der Waals surface area contributed by atoms with Crippen molar-refractivity contribution in [1.29, 1.82) is 0 Å². The smallest absolute Gasteiger partial charge is 0.0542 e. The molecule has 0 bridgehead atoms. The van der Waals surface area contributed by atoms with Crippen molar-refractivity contribution in [3.63, 3.8) is 0 Å². The molecule has 0 saturated heterocycles. The lowest BCUT2D eigenvalue weighted by Crippen LogP contribution is -2.10. The Morgan fingerprint density at radius 3 is 1.20 bits per heavy atom. The van der Waals surface area contributed by atoms with Crippen molar-refractivity contribution in [1.82, 2.24) is 4.57 Å². The third-order valence-electron chi connectivity index (χ3n) is 17.2. The number of allylic oxidation sites excluding steroid dienone is 1. The molecular weight excluding hydrogens is 1030 g/mol. The van der Waals surface area contributed by atoms with Gasteiger partial charge in [0.15, 0.2) is 0 Å². The predicted octanol–water partition coefficient (Wildman–Crippen LogP) is 22.5. The molecule has 0 N–H and O–H groups in total. The van der Waals surface area contributed by atoms with E-state index in [-0.39, 0.29) is 0 Å². The molecule has 16 rings (SSSR count). The Labute approximate surface area is 495 Å². The molecule has 14 aromatic rings. The van der Waals surface area contributed by atoms with E-state index in [1.807, 2.05) is 12.2 Å². The van der Waals surface area contributed by atoms with Gasteiger partial charge in [0.05, 0.1) is 11.0 Å². The summed E-state index contributed by atoms with van der Waals surface area (Å²) in [6, 6.07) is 105. The number of anilines is 6. The van der Waals surface area contributed by atoms with Crippen molar-refractivity contribution in [2.24, 2.45) is 0 Å². The Bertz CT molecular complexity index is 5050. The van der Waals surface area contributed by atoms with E-state index in [0.717, 1.165) is 96.7 Å². The topological polar surface area (TPSA) is 11.4 Å². The van der Waals surface area contributed by atoms with Gasteiger partial charge < -0.3 is 14.4 Å². The maximum absolute atomic E-state index is 3.14. The van der Waals surface area contributed by atoms with E-state index < -0.39 is 0 Å². The van der Waals surface area contributed by atoms with Crippen LogP contribution in [0.25, 0.3) is 112 Å². The molecule has 1 aromatic heterocycles. The fourth-order valence-electron chi connectivity index (χ4n) is 12.8. The van der Waals surface area contributed by atoms with Gasteiger partial charge in [-0.1, -0.05) is 187 Å². The highest BCUT2D eigenvalue weighted by atomic mass is 15.1. The number of nitrogens with zero attached hydrogens (tertiary/aromatic N) is 3. The van der Waals surface area contributed by atoms with Gasteiger partial charge in [0.25, 0.3) is 0 Å². The highest BCUT2D eigenvalue weighted by molar-refractivity contribution is 6.12. The SMILES string of the molecule is C1=C=Cc2cc(-c3ccc(N(c4ccc(-c5ccc6ccccc6c5)cc4)c4ccc5c(c4)c4cc(N(c6ccc(-c7ccc8c(c7)C=CCC8)cc6)c6ccc(-c7ccc8ccccc8c7)cc6)ccc4n5-c4ccccc4)cc3)ccc2C=1. The van der Waals surface area contributed by atoms with Crippen molar-refractivity contribution in [2.75, 3.05) is 9.80 Å². The lowest BCUT2D eigenvalue weighted by Gasteiger charge is -2.26. The average Bonchev–Trinajstić information content (AvgIpc) is 2.66. The Balaban J connectivity index is 0.843. The van der Waals surface area contributed by atoms with Gasteiger partial charge in [-0.2, -0.15) is 0 Å². The molecule has 0 unspecified atom stereocenters. The van der Waals surface area contributed by atoms with Crippen molar-refractivity contribution >= 4 is 95.7 Å². The number of fused-ring (bicyclic) bond motifs is 7. The van der Waals surface area contributed by atoms with Crippen LogP contribution in [0.5, 0.6) is 0 Å². The van der Waals surface area contributed by atoms with Crippen molar-refractivity contribution in [2.45, 2.75) is 12.8 Å². The largest absolute Gasteiger partial charge is 0.310 e. The molecule has 0 aliphatic heterocycles. The molecule has 0 saturated carbocycles. The number of benzene rings is 13. The second-order valence-corrected chi connectivity index (χ2v) is 22.3. The summed E-state index contributed by atoms with van der Waals surface area (Å²) in [5, 5.41) is 7.25. The van der Waals surface area contributed by atoms with Crippen molar-refractivity contribution in [3.05, 3.63) is 325 Å². The number of hydrogen-bond acceptors (Lipinski definition) is 2. The quantitative estimate of drug-likeness (QED) is 0.120. The first-order chi connectivity index (χ1) is 42.1. The fraction of sp³-hybridized carbons (Fsp3) is 0.0244. The highest BCUT2D eigenvalue weighted by Crippen LogP contribution is 2.45. The van der Waals surface area contributed by atoms with Crippen LogP contribution in [0.15, 0.2) is 303 Å². The Kier molecular flexibility index (Phi) is 12.2. The van der Waals surface area contributed by atoms with E-state index >= 15 is 0 Å². The van der Waals surface area contributed by atoms with Crippen LogP contribution in [0.3, 0.4) is 0 Å². The second-order valence-electron chi connectivity index (χ2n) is 22.3. The van der Waals surface area contributed by atoms with Crippen LogP contribution in [-0.4, -0.2) is 4.57 Å². The molecule has 85 heavy (non-hydrogen) atoms. The number of aromatic nitrogens is 1. The van der Waals surface area contributed by atoms with Crippen LogP contribution in [0.4, 0.5) is 34.1 Å². The number of rotatable bonds is 11. The summed E-state index contributed by atoms with van der Waals surface area (Å²) in [4.78, 5) is 4.81. The van der Waals surface area contributed by atoms with Crippen molar-refractivity contribution in [3.8, 4) is 50.2 Å². The molecule has 3 nitrogen and oxygen atoms in total. The monoisotopic (exact) mass is 1080 g/mol. The van der Waals surface area contributed by atoms with Gasteiger partial charge >= 0.3 is 0 Å². The van der Waals surface area contributed by atoms with Gasteiger partial charge in [-0.25, -0.2) is 0 Å². The average molecular weight is 1080 g/mol. The zero-order valence-electron chi connectivity index (χ0n) is 46.7. The van der Waals surface area contributed by atoms with Crippen LogP contribution in [0.1, 0.15) is 28.7 Å². The molecule has 13 aromatic carbocycles. The molecule has 1 heterocycles. The van der Waals surface area contributed by atoms with E-state index in [4.69, 9.17) is 0 Å². The van der Waals surface area contributed by atoms with Gasteiger partial charge in [0.2, 0.25) is 0 Å². The van der Waals surface area contributed by atoms with Gasteiger partial charge in [0.1, 0.15) is 0 Å². The molecule has 398 valence electrons. The third kappa shape index (κ3) is 9.24. The molecular formula is C82H55N3. The van der Waals surface area contributed by atoms with E-state index in [9.17, 15) is 0 Å². The first kappa shape index (κ1) is 49.6. The highest BCUT2D eigenvalue weighted by Gasteiger charge is 2.22. The third-order valence-corrected chi connectivity index (χ3v) is 17.2. The number of hydrogen-bond donors (Lipinski definition) is 0. The van der Waals surface area contributed by atoms with Crippen LogP contribution < -0.4 is 9.80 Å². The lowest BCUT2D eigenvalue weighted by atomic mass is 9.93. The van der Waals surface area contributed by atoms with Gasteiger partial charge in [-0.05, 0) is 235 Å². The van der Waals surface area contributed by atoms with Gasteiger partial charge in [-0.15, -0.1) is 0 Å². The summed E-state index contributed by atoms with van der Waals surface area (Å²) in [7, 11) is 0. The summed E-state index contributed by atoms with van der Waals surface area (Å²) >= 11 is 0. The summed E-state index contributed by atoms with van der Waals surface area (Å²) in [5.41, 5.74) is 30.5. The van der Waals surface area contributed by atoms with Crippen LogP contribution in [0, 0.1) is 0 Å². The molecule has 0 radical (unpaired) electrons. The van der Waals surface area contributed by atoms with Crippen LogP contribution >= 0.6 is 0 Å². The summed E-state index contributed by atoms with van der Waals surface area (Å²) < 4.78 is 2.42. The van der Waals surface area contributed by atoms with E-state index in [1.165, 1.54) is 66.1 Å². The number of para-hydroxylation sites is 1. The van der Waals surface area contributed by atoms with Crippen molar-refractivity contribution < 1.29 is 0 Å². The molecule has 0 spiro atoms. The summed E-state index contributed by atoms with van der Waals surface area (Å²) in [5.74, 6) is 0. The van der Waals surface area contributed by atoms with E-state index in [0.29, 0.717) is 0 Å². The van der Waals surface area contributed by atoms with Crippen LogP contribution in [0.2, 0.25) is 0 Å². The maximum atomic E-state index is 3.14.